The van der Waals surface area contributed by atoms with Gasteiger partial charge in [-0.1, -0.05) is 0 Å². The van der Waals surface area contributed by atoms with Crippen LogP contribution in [-0.4, -0.2) is 91.3 Å². The number of rotatable bonds is 10. The molecule has 32 heavy (non-hydrogen) atoms. The van der Waals surface area contributed by atoms with Crippen LogP contribution in [0, 0.1) is 5.92 Å². The van der Waals surface area contributed by atoms with Gasteiger partial charge in [0.25, 0.3) is 0 Å². The number of carbonyl (C=O) groups excluding carboxylic acids is 1. The third kappa shape index (κ3) is 12.5. The number of amides is 1. The SMILES string of the molecule is CCNC(=NCCCCN(C)C(C)C)N1CCC(CN(CC)C(=O)OC(C)(C)C)CC1.I. The fourth-order valence-electron chi connectivity index (χ4n) is 3.64. The summed E-state index contributed by atoms with van der Waals surface area (Å²) in [7, 11) is 2.19. The van der Waals surface area contributed by atoms with Gasteiger partial charge in [-0.25, -0.2) is 4.79 Å². The zero-order valence-electron chi connectivity index (χ0n) is 21.9. The lowest BCUT2D eigenvalue weighted by atomic mass is 9.96. The molecule has 0 spiro atoms. The smallest absolute Gasteiger partial charge is 0.410 e. The first kappa shape index (κ1) is 31.2. The van der Waals surface area contributed by atoms with E-state index in [4.69, 9.17) is 9.73 Å². The molecule has 190 valence electrons. The molecule has 7 nitrogen and oxygen atoms in total. The Morgan fingerprint density at radius 3 is 2.31 bits per heavy atom. The zero-order valence-corrected chi connectivity index (χ0v) is 24.3. The van der Waals surface area contributed by atoms with E-state index in [1.807, 2.05) is 32.6 Å². The molecule has 0 aromatic rings. The molecule has 1 aliphatic rings. The number of hydrogen-bond donors (Lipinski definition) is 1. The molecule has 1 aliphatic heterocycles. The minimum absolute atomic E-state index is 0. The number of halogens is 1. The van der Waals surface area contributed by atoms with Gasteiger partial charge in [-0.2, -0.15) is 0 Å². The number of nitrogens with zero attached hydrogens (tertiary/aromatic N) is 4. The van der Waals surface area contributed by atoms with Gasteiger partial charge in [-0.15, -0.1) is 24.0 Å². The van der Waals surface area contributed by atoms with Crippen LogP contribution in [0.3, 0.4) is 0 Å². The fraction of sp³-hybridized carbons (Fsp3) is 0.917. The van der Waals surface area contributed by atoms with Gasteiger partial charge in [-0.05, 0) is 93.7 Å². The van der Waals surface area contributed by atoms with Crippen molar-refractivity contribution in [1.82, 2.24) is 20.0 Å². The summed E-state index contributed by atoms with van der Waals surface area (Å²) in [5.41, 5.74) is -0.449. The van der Waals surface area contributed by atoms with Gasteiger partial charge in [0.15, 0.2) is 5.96 Å². The van der Waals surface area contributed by atoms with Crippen molar-refractivity contribution in [2.45, 2.75) is 85.8 Å². The Kier molecular flexibility index (Phi) is 15.6. The molecule has 1 N–H and O–H groups in total. The second-order valence-corrected chi connectivity index (χ2v) is 9.97. The van der Waals surface area contributed by atoms with Crippen LogP contribution >= 0.6 is 24.0 Å². The van der Waals surface area contributed by atoms with E-state index in [0.717, 1.165) is 64.5 Å². The number of nitrogens with one attached hydrogen (secondary N) is 1. The van der Waals surface area contributed by atoms with E-state index in [-0.39, 0.29) is 30.1 Å². The molecule has 1 fully saturated rings. The van der Waals surface area contributed by atoms with Crippen molar-refractivity contribution in [3.63, 3.8) is 0 Å². The molecule has 0 aromatic heterocycles. The molecule has 0 aliphatic carbocycles. The maximum atomic E-state index is 12.4. The first-order chi connectivity index (χ1) is 14.6. The lowest BCUT2D eigenvalue weighted by Crippen LogP contribution is -2.48. The van der Waals surface area contributed by atoms with Crippen LogP contribution in [0.25, 0.3) is 0 Å². The number of aliphatic imine (C=N–C) groups is 1. The molecule has 0 unspecified atom stereocenters. The molecule has 1 rings (SSSR count). The minimum atomic E-state index is -0.449. The summed E-state index contributed by atoms with van der Waals surface area (Å²) >= 11 is 0. The van der Waals surface area contributed by atoms with Crippen molar-refractivity contribution in [3.8, 4) is 0 Å². The fourth-order valence-corrected chi connectivity index (χ4v) is 3.64. The van der Waals surface area contributed by atoms with E-state index < -0.39 is 5.60 Å². The van der Waals surface area contributed by atoms with Gasteiger partial charge in [0.1, 0.15) is 5.60 Å². The number of guanidine groups is 1. The summed E-state index contributed by atoms with van der Waals surface area (Å²) in [5, 5.41) is 3.46. The highest BCUT2D eigenvalue weighted by Gasteiger charge is 2.27. The normalized spacial score (nSPS) is 15.7. The molecule has 8 heteroatoms. The van der Waals surface area contributed by atoms with E-state index in [1.54, 1.807) is 0 Å². The Morgan fingerprint density at radius 2 is 1.81 bits per heavy atom. The summed E-state index contributed by atoms with van der Waals surface area (Å²) < 4.78 is 5.56. The molecule has 0 aromatic carbocycles. The van der Waals surface area contributed by atoms with Crippen molar-refractivity contribution in [2.24, 2.45) is 10.9 Å². The summed E-state index contributed by atoms with van der Waals surface area (Å²) in [6, 6.07) is 0.598. The molecule has 1 heterocycles. The average molecular weight is 568 g/mol. The molecule has 0 radical (unpaired) electrons. The maximum Gasteiger partial charge on any atom is 0.410 e. The standard InChI is InChI=1S/C24H49N5O2.HI/c1-9-25-22(26-15-11-12-16-27(8)20(3)4)29-17-13-21(14-18-29)19-28(10-2)23(30)31-24(5,6)7;/h20-21H,9-19H2,1-8H3,(H,25,26);1H. The average Bonchev–Trinajstić information content (AvgIpc) is 2.69. The number of carbonyl (C=O) groups is 1. The Morgan fingerprint density at radius 1 is 1.19 bits per heavy atom. The number of likely N-dealkylation sites (tertiary alicyclic amines) is 1. The summed E-state index contributed by atoms with van der Waals surface area (Å²) in [6.07, 6.45) is 4.24. The molecular formula is C24H50IN5O2. The quantitative estimate of drug-likeness (QED) is 0.180. The molecule has 0 bridgehead atoms. The predicted molar refractivity (Wildman–Crippen MR) is 146 cm³/mol. The van der Waals surface area contributed by atoms with E-state index in [2.05, 4.69) is 42.9 Å². The maximum absolute atomic E-state index is 12.4. The molecule has 1 amide bonds. The number of ether oxygens (including phenoxy) is 1. The van der Waals surface area contributed by atoms with Crippen LogP contribution < -0.4 is 5.32 Å². The van der Waals surface area contributed by atoms with Gasteiger partial charge in [0.05, 0.1) is 0 Å². The van der Waals surface area contributed by atoms with Crippen LogP contribution in [0.4, 0.5) is 4.79 Å². The lowest BCUT2D eigenvalue weighted by molar-refractivity contribution is 0.0214. The highest BCUT2D eigenvalue weighted by atomic mass is 127. The number of hydrogen-bond acceptors (Lipinski definition) is 4. The third-order valence-corrected chi connectivity index (χ3v) is 5.82. The van der Waals surface area contributed by atoms with Crippen LogP contribution in [-0.2, 0) is 4.74 Å². The van der Waals surface area contributed by atoms with Crippen molar-refractivity contribution < 1.29 is 9.53 Å². The van der Waals surface area contributed by atoms with Gasteiger partial charge >= 0.3 is 6.09 Å². The first-order valence-electron chi connectivity index (χ1n) is 12.3. The largest absolute Gasteiger partial charge is 0.444 e. The Labute approximate surface area is 214 Å². The Bertz CT molecular complexity index is 543. The molecule has 0 atom stereocenters. The van der Waals surface area contributed by atoms with Crippen molar-refractivity contribution in [3.05, 3.63) is 0 Å². The third-order valence-electron chi connectivity index (χ3n) is 5.82. The number of piperidine rings is 1. The Balaban J connectivity index is 0.00000961. The predicted octanol–water partition coefficient (Wildman–Crippen LogP) is 4.66. The van der Waals surface area contributed by atoms with Gasteiger partial charge in [0, 0.05) is 45.3 Å². The Hall–Kier alpha value is -0.770. The van der Waals surface area contributed by atoms with Crippen molar-refractivity contribution >= 4 is 36.0 Å². The van der Waals surface area contributed by atoms with E-state index in [1.165, 1.54) is 6.42 Å². The van der Waals surface area contributed by atoms with Gasteiger partial charge in [0.2, 0.25) is 0 Å². The molecule has 1 saturated heterocycles. The zero-order chi connectivity index (χ0) is 23.4. The first-order valence-corrected chi connectivity index (χ1v) is 12.3. The van der Waals surface area contributed by atoms with Crippen LogP contribution in [0.2, 0.25) is 0 Å². The molecule has 0 saturated carbocycles. The highest BCUT2D eigenvalue weighted by Crippen LogP contribution is 2.20. The van der Waals surface area contributed by atoms with E-state index in [0.29, 0.717) is 18.5 Å². The second kappa shape index (κ2) is 16.0. The summed E-state index contributed by atoms with van der Waals surface area (Å²) in [6.45, 7) is 20.7. The van der Waals surface area contributed by atoms with Crippen LogP contribution in [0.1, 0.15) is 74.1 Å². The minimum Gasteiger partial charge on any atom is -0.444 e. The molecular weight excluding hydrogens is 517 g/mol. The van der Waals surface area contributed by atoms with Gasteiger partial charge < -0.3 is 24.8 Å². The van der Waals surface area contributed by atoms with E-state index >= 15 is 0 Å². The van der Waals surface area contributed by atoms with Crippen LogP contribution in [0.15, 0.2) is 4.99 Å². The van der Waals surface area contributed by atoms with Crippen LogP contribution in [0.5, 0.6) is 0 Å². The van der Waals surface area contributed by atoms with E-state index in [9.17, 15) is 4.79 Å². The summed E-state index contributed by atoms with van der Waals surface area (Å²) in [5.74, 6) is 1.55. The lowest BCUT2D eigenvalue weighted by Gasteiger charge is -2.36. The number of unbranched alkanes of at least 4 members (excludes halogenated alkanes) is 1. The van der Waals surface area contributed by atoms with Crippen molar-refractivity contribution in [2.75, 3.05) is 52.9 Å². The summed E-state index contributed by atoms with van der Waals surface area (Å²) in [4.78, 5) is 23.9. The monoisotopic (exact) mass is 567 g/mol. The van der Waals surface area contributed by atoms with Crippen molar-refractivity contribution in [1.29, 1.82) is 0 Å². The van der Waals surface area contributed by atoms with Gasteiger partial charge in [-0.3, -0.25) is 4.99 Å². The second-order valence-electron chi connectivity index (χ2n) is 9.97. The topological polar surface area (TPSA) is 60.4 Å². The highest BCUT2D eigenvalue weighted by molar-refractivity contribution is 14.0.